The van der Waals surface area contributed by atoms with Crippen molar-refractivity contribution >= 4 is 97.2 Å². The lowest BCUT2D eigenvalue weighted by Crippen LogP contribution is -2.36. The molecule has 0 radical (unpaired) electrons. The Kier molecular flexibility index (Phi) is 22.4. The fourth-order valence-electron chi connectivity index (χ4n) is 7.75. The minimum atomic E-state index is -5.69. The number of aliphatic imine (C=N–C) groups is 1. The zero-order valence-corrected chi connectivity index (χ0v) is 47.8. The second-order valence-electron chi connectivity index (χ2n) is 18.4. The Bertz CT molecular complexity index is 2640. The molecule has 402 valence electrons. The Morgan fingerprint density at radius 2 is 1.68 bits per heavy atom. The van der Waals surface area contributed by atoms with Gasteiger partial charge in [0.25, 0.3) is 5.91 Å². The number of benzene rings is 2. The van der Waals surface area contributed by atoms with Gasteiger partial charge in [-0.15, -0.1) is 0 Å². The fourth-order valence-corrected chi connectivity index (χ4v) is 14.9. The van der Waals surface area contributed by atoms with E-state index in [0.717, 1.165) is 28.1 Å². The summed E-state index contributed by atoms with van der Waals surface area (Å²) >= 11 is 0. The molecule has 0 aromatic heterocycles. The molecule has 1 fully saturated rings. The Labute approximate surface area is 442 Å². The number of amides is 1. The van der Waals surface area contributed by atoms with Crippen LogP contribution in [0.5, 0.6) is 5.75 Å². The zero-order chi connectivity index (χ0) is 53.9. The number of carboxylic acids is 1. The number of carbonyl (C=O) groups excluding carboxylic acids is 1. The van der Waals surface area contributed by atoms with Crippen molar-refractivity contribution in [2.45, 2.75) is 102 Å². The van der Waals surface area contributed by atoms with Crippen molar-refractivity contribution < 1.29 is 80.1 Å². The van der Waals surface area contributed by atoms with Crippen molar-refractivity contribution in [1.82, 2.24) is 5.32 Å². The third kappa shape index (κ3) is 19.1. The highest BCUT2D eigenvalue weighted by Gasteiger charge is 2.44. The number of phosphoric ester groups is 1. The maximum atomic E-state index is 13.6. The lowest BCUT2D eigenvalue weighted by molar-refractivity contribution is -0.0240. The van der Waals surface area contributed by atoms with Gasteiger partial charge in [-0.1, -0.05) is 82.0 Å². The largest absolute Gasteiger partial charge is 0.490 e. The van der Waals surface area contributed by atoms with Crippen molar-refractivity contribution in [2.24, 2.45) is 10.9 Å². The minimum Gasteiger partial charge on any atom is -0.478 e. The summed E-state index contributed by atoms with van der Waals surface area (Å²) in [4.78, 5) is 68.3. The molecule has 4 unspecified atom stereocenters. The standard InChI is InChI=1S/C45H63BN3O17P3S4/c1-10-47-34-20-36-32(17-27(34)3)41(33-18-28(4)35(48-11-2)21-37(33)63-36)30-14-13-29(19-31(30)43(51)52)42(50)49-24-45(8,9)73-70-25-60-16-12-15-46-40-22-38(61-26-71-72-44(5,6)7)39(64-40)23-62-68(56,57)66-69(58,59)65-67(53,54)55/h13-14,17-21,32,38-41,46,48H,10-11,16,22-26H2,1-9H3,(H,49,50)(H,51,52)(H,56,57)(H,58,59)(H2,53,54,55)/b47-34-/t32?,38-,39-,40-,41?/m1/s1. The molecular weight excluding hydrogens is 1090 g/mol. The predicted octanol–water partition coefficient (Wildman–Crippen LogP) is 8.81. The molecule has 7 atom stereocenters. The molecule has 28 heteroatoms. The summed E-state index contributed by atoms with van der Waals surface area (Å²) in [6, 6.07) is 8.35. The van der Waals surface area contributed by atoms with E-state index in [2.05, 4.69) is 42.1 Å². The number of hydrogen-bond acceptors (Lipinski definition) is 18. The first kappa shape index (κ1) is 61.3. The van der Waals surface area contributed by atoms with Gasteiger partial charge in [-0.2, -0.15) is 14.4 Å². The van der Waals surface area contributed by atoms with E-state index in [0.29, 0.717) is 36.6 Å². The van der Waals surface area contributed by atoms with Gasteiger partial charge in [0.1, 0.15) is 36.1 Å². The van der Waals surface area contributed by atoms with Crippen molar-refractivity contribution in [3.8, 4) is 17.5 Å². The minimum absolute atomic E-state index is 0.0214. The van der Waals surface area contributed by atoms with Crippen LogP contribution in [0.4, 0.5) is 5.69 Å². The van der Waals surface area contributed by atoms with E-state index in [9.17, 15) is 38.2 Å². The highest BCUT2D eigenvalue weighted by Crippen LogP contribution is 2.66. The summed E-state index contributed by atoms with van der Waals surface area (Å²) in [7, 11) is -10.4. The van der Waals surface area contributed by atoms with Crippen LogP contribution in [0.25, 0.3) is 0 Å². The van der Waals surface area contributed by atoms with E-state index < -0.39 is 70.8 Å². The van der Waals surface area contributed by atoms with E-state index in [1.807, 2.05) is 80.5 Å². The summed E-state index contributed by atoms with van der Waals surface area (Å²) < 4.78 is 71.2. The SMILES string of the molecule is CC/N=C1/C=C2Oc3cc(NCC)c(C)cc3C(c3ccc(C(=O)NCC(C)(C)SSCOCC#CB[C@H]4C[C@@H](OCSSC(C)(C)C)[C@@H](COP(=O)(O)OP(=O)(O)OP(=O)(O)O)O4)cc3C(=O)O)C2C=C1C. The van der Waals surface area contributed by atoms with Gasteiger partial charge in [-0.05, 0) is 82.9 Å². The molecule has 5 rings (SSSR count). The lowest BCUT2D eigenvalue weighted by atomic mass is 9.71. The molecular formula is C45H63BN3O17P3S4. The number of hydrogen-bond donors (Lipinski definition) is 7. The molecule has 20 nitrogen and oxygen atoms in total. The van der Waals surface area contributed by atoms with E-state index >= 15 is 0 Å². The van der Waals surface area contributed by atoms with Gasteiger partial charge in [-0.25, -0.2) is 18.5 Å². The quantitative estimate of drug-likeness (QED) is 0.0122. The number of nitrogens with one attached hydrogen (secondary N) is 2. The maximum Gasteiger partial charge on any atom is 0.490 e. The summed E-state index contributed by atoms with van der Waals surface area (Å²) in [5.41, 5.74) is 5.34. The average molecular weight is 1150 g/mol. The van der Waals surface area contributed by atoms with E-state index in [-0.39, 0.29) is 54.1 Å². The van der Waals surface area contributed by atoms with E-state index in [1.165, 1.54) is 38.4 Å². The number of nitrogens with zero attached hydrogens (tertiary/aromatic N) is 1. The van der Waals surface area contributed by atoms with Gasteiger partial charge < -0.3 is 54.3 Å². The van der Waals surface area contributed by atoms with E-state index in [1.54, 1.807) is 22.9 Å². The highest BCUT2D eigenvalue weighted by atomic mass is 33.1. The monoisotopic (exact) mass is 1150 g/mol. The van der Waals surface area contributed by atoms with Crippen molar-refractivity contribution in [1.29, 1.82) is 0 Å². The number of fused-ring (bicyclic) bond motifs is 2. The van der Waals surface area contributed by atoms with Gasteiger partial charge in [0.05, 0.1) is 24.0 Å². The first-order valence-corrected chi connectivity index (χ1v) is 32.1. The molecule has 7 N–H and O–H groups in total. The smallest absolute Gasteiger partial charge is 0.478 e. The molecule has 0 bridgehead atoms. The summed E-state index contributed by atoms with van der Waals surface area (Å²) in [5.74, 6) is 5.42. The van der Waals surface area contributed by atoms with Crippen LogP contribution < -0.4 is 15.4 Å². The Morgan fingerprint density at radius 3 is 2.36 bits per heavy atom. The van der Waals surface area contributed by atoms with Crippen LogP contribution in [0.1, 0.15) is 105 Å². The first-order chi connectivity index (χ1) is 34.1. The fraction of sp³-hybridized carbons (Fsp3) is 0.533. The number of carbonyl (C=O) groups is 2. The molecule has 2 aromatic rings. The summed E-state index contributed by atoms with van der Waals surface area (Å²) in [5, 5.41) is 17.0. The molecule has 2 aromatic carbocycles. The van der Waals surface area contributed by atoms with Crippen molar-refractivity contribution in [2.75, 3.05) is 50.0 Å². The zero-order valence-electron chi connectivity index (χ0n) is 41.8. The topological polar surface area (TPSA) is 288 Å². The second kappa shape index (κ2) is 26.7. The van der Waals surface area contributed by atoms with E-state index in [4.69, 9.17) is 33.3 Å². The number of carboxylic acid groups (broad SMARTS) is 1. The highest BCUT2D eigenvalue weighted by molar-refractivity contribution is 8.77. The van der Waals surface area contributed by atoms with Crippen LogP contribution in [0.3, 0.4) is 0 Å². The molecule has 3 aliphatic rings. The van der Waals surface area contributed by atoms with Crippen LogP contribution in [0.2, 0.25) is 0 Å². The van der Waals surface area contributed by atoms with Gasteiger partial charge in [-0.3, -0.25) is 14.3 Å². The lowest BCUT2D eigenvalue weighted by Gasteiger charge is -2.37. The number of anilines is 1. The van der Waals surface area contributed by atoms with Gasteiger partial charge in [0.2, 0.25) is 7.28 Å². The number of aryl methyl sites for hydroxylation is 1. The molecule has 2 heterocycles. The summed E-state index contributed by atoms with van der Waals surface area (Å²) in [6.45, 7) is 19.0. The number of rotatable bonds is 25. The molecule has 2 aliphatic heterocycles. The number of ether oxygens (including phenoxy) is 4. The Balaban J connectivity index is 1.13. The predicted molar refractivity (Wildman–Crippen MR) is 290 cm³/mol. The van der Waals surface area contributed by atoms with Crippen LogP contribution in [0, 0.1) is 24.6 Å². The first-order valence-electron chi connectivity index (χ1n) is 23.0. The van der Waals surface area contributed by atoms with Crippen LogP contribution in [0.15, 0.2) is 58.8 Å². The molecule has 1 saturated heterocycles. The third-order valence-corrected chi connectivity index (χ3v) is 20.5. The number of phosphoric acid groups is 3. The third-order valence-electron chi connectivity index (χ3n) is 10.8. The van der Waals surface area contributed by atoms with Crippen molar-refractivity contribution in [3.63, 3.8) is 0 Å². The van der Waals surface area contributed by atoms with Gasteiger partial charge >= 0.3 is 29.4 Å². The Hall–Kier alpha value is -2.56. The molecule has 0 spiro atoms. The van der Waals surface area contributed by atoms with Crippen LogP contribution in [-0.4, -0.2) is 122 Å². The van der Waals surface area contributed by atoms with Gasteiger partial charge in [0.15, 0.2) is 0 Å². The molecule has 73 heavy (non-hydrogen) atoms. The molecule has 0 saturated carbocycles. The maximum absolute atomic E-state index is 13.6. The summed E-state index contributed by atoms with van der Waals surface area (Å²) in [6.07, 6.45) is 2.75. The van der Waals surface area contributed by atoms with Crippen LogP contribution >= 0.6 is 66.6 Å². The normalized spacial score (nSPS) is 22.0. The molecule has 1 amide bonds. The molecule has 1 aliphatic carbocycles. The van der Waals surface area contributed by atoms with Gasteiger partial charge in [0, 0.05) is 75.9 Å². The number of allylic oxidation sites excluding steroid dienone is 3. The number of aromatic carboxylic acids is 1. The average Bonchev–Trinajstić information content (AvgIpc) is 3.67. The van der Waals surface area contributed by atoms with Crippen molar-refractivity contribution in [3.05, 3.63) is 81.6 Å². The van der Waals surface area contributed by atoms with Crippen LogP contribution in [-0.2, 0) is 41.1 Å². The Morgan fingerprint density at radius 1 is 0.959 bits per heavy atom. The second-order valence-corrected chi connectivity index (χ2v) is 28.9.